The second-order valence-electron chi connectivity index (χ2n) is 4.12. The van der Waals surface area contributed by atoms with Gasteiger partial charge in [0.2, 0.25) is 11.8 Å². The highest BCUT2D eigenvalue weighted by atomic mass is 32.1. The molecular weight excluding hydrogens is 240 g/mol. The summed E-state index contributed by atoms with van der Waals surface area (Å²) in [5.41, 5.74) is 0. The van der Waals surface area contributed by atoms with Gasteiger partial charge in [-0.25, -0.2) is 0 Å². The Labute approximate surface area is 108 Å². The van der Waals surface area contributed by atoms with Crippen LogP contribution in [-0.4, -0.2) is 54.8 Å². The van der Waals surface area contributed by atoms with Crippen LogP contribution < -0.4 is 5.32 Å². The predicted molar refractivity (Wildman–Crippen MR) is 70.2 cm³/mol. The van der Waals surface area contributed by atoms with Gasteiger partial charge in [-0.15, -0.1) is 0 Å². The van der Waals surface area contributed by atoms with Crippen LogP contribution in [0.25, 0.3) is 0 Å². The van der Waals surface area contributed by atoms with Crippen LogP contribution in [0.15, 0.2) is 0 Å². The van der Waals surface area contributed by atoms with E-state index in [4.69, 9.17) is 4.74 Å². The van der Waals surface area contributed by atoms with E-state index in [0.29, 0.717) is 13.2 Å². The standard InChI is InChI=1S/C11H22N2O3S/c1-8(2)16-6-5-13(4)11(15)10(7-17)12-9(3)14/h8,10,17H,5-7H2,1-4H3,(H,12,14). The molecule has 0 fully saturated rings. The zero-order valence-electron chi connectivity index (χ0n) is 10.9. The number of carbonyl (C=O) groups is 2. The van der Waals surface area contributed by atoms with Gasteiger partial charge in [0.05, 0.1) is 12.7 Å². The number of hydrogen-bond acceptors (Lipinski definition) is 4. The molecule has 1 unspecified atom stereocenters. The lowest BCUT2D eigenvalue weighted by Gasteiger charge is -2.23. The van der Waals surface area contributed by atoms with Crippen molar-refractivity contribution in [2.45, 2.75) is 32.9 Å². The zero-order chi connectivity index (χ0) is 13.4. The van der Waals surface area contributed by atoms with Gasteiger partial charge in [0.15, 0.2) is 0 Å². The number of thiol groups is 1. The lowest BCUT2D eigenvalue weighted by atomic mass is 10.3. The van der Waals surface area contributed by atoms with Gasteiger partial charge in [0, 0.05) is 26.3 Å². The van der Waals surface area contributed by atoms with Crippen LogP contribution >= 0.6 is 12.6 Å². The smallest absolute Gasteiger partial charge is 0.245 e. The largest absolute Gasteiger partial charge is 0.377 e. The fraction of sp³-hybridized carbons (Fsp3) is 0.818. The Balaban J connectivity index is 4.12. The summed E-state index contributed by atoms with van der Waals surface area (Å²) >= 11 is 4.05. The number of hydrogen-bond donors (Lipinski definition) is 2. The number of carbonyl (C=O) groups excluding carboxylic acids is 2. The summed E-state index contributed by atoms with van der Waals surface area (Å²) in [6, 6.07) is -0.570. The van der Waals surface area contributed by atoms with E-state index in [1.807, 2.05) is 13.8 Å². The fourth-order valence-corrected chi connectivity index (χ4v) is 1.48. The highest BCUT2D eigenvalue weighted by Gasteiger charge is 2.21. The summed E-state index contributed by atoms with van der Waals surface area (Å²) in [7, 11) is 1.68. The van der Waals surface area contributed by atoms with Crippen molar-refractivity contribution < 1.29 is 14.3 Å². The summed E-state index contributed by atoms with van der Waals surface area (Å²) in [4.78, 5) is 24.3. The Bertz CT molecular complexity index is 259. The molecule has 0 aromatic rings. The predicted octanol–water partition coefficient (Wildman–Crippen LogP) is 0.304. The minimum Gasteiger partial charge on any atom is -0.377 e. The molecule has 1 N–H and O–H groups in total. The molecule has 100 valence electrons. The molecule has 0 heterocycles. The van der Waals surface area contributed by atoms with E-state index in [1.165, 1.54) is 6.92 Å². The third-order valence-electron chi connectivity index (χ3n) is 2.11. The Morgan fingerprint density at radius 3 is 2.41 bits per heavy atom. The molecule has 0 aliphatic heterocycles. The van der Waals surface area contributed by atoms with Crippen molar-refractivity contribution in [1.29, 1.82) is 0 Å². The maximum atomic E-state index is 11.9. The van der Waals surface area contributed by atoms with Crippen molar-refractivity contribution in [3.63, 3.8) is 0 Å². The number of likely N-dealkylation sites (N-methyl/N-ethyl adjacent to an activating group) is 1. The number of rotatable bonds is 7. The first kappa shape index (κ1) is 16.2. The molecule has 0 saturated carbocycles. The van der Waals surface area contributed by atoms with Gasteiger partial charge in [0.1, 0.15) is 6.04 Å². The highest BCUT2D eigenvalue weighted by molar-refractivity contribution is 7.80. The van der Waals surface area contributed by atoms with Crippen molar-refractivity contribution in [3.8, 4) is 0 Å². The van der Waals surface area contributed by atoms with E-state index in [-0.39, 0.29) is 23.7 Å². The van der Waals surface area contributed by atoms with E-state index in [2.05, 4.69) is 17.9 Å². The molecule has 0 saturated heterocycles. The van der Waals surface area contributed by atoms with E-state index >= 15 is 0 Å². The number of nitrogens with one attached hydrogen (secondary N) is 1. The van der Waals surface area contributed by atoms with Crippen molar-refractivity contribution in [3.05, 3.63) is 0 Å². The average Bonchev–Trinajstić information content (AvgIpc) is 2.23. The first-order chi connectivity index (χ1) is 7.88. The van der Waals surface area contributed by atoms with Crippen molar-refractivity contribution >= 4 is 24.4 Å². The summed E-state index contributed by atoms with van der Waals surface area (Å²) in [6.07, 6.45) is 0.148. The van der Waals surface area contributed by atoms with Gasteiger partial charge in [-0.2, -0.15) is 12.6 Å². The third kappa shape index (κ3) is 7.23. The van der Waals surface area contributed by atoms with Crippen molar-refractivity contribution in [2.75, 3.05) is 26.0 Å². The van der Waals surface area contributed by atoms with Crippen LogP contribution in [0.1, 0.15) is 20.8 Å². The van der Waals surface area contributed by atoms with Crippen LogP contribution in [0, 0.1) is 0 Å². The van der Waals surface area contributed by atoms with Gasteiger partial charge in [-0.3, -0.25) is 9.59 Å². The zero-order valence-corrected chi connectivity index (χ0v) is 11.8. The lowest BCUT2D eigenvalue weighted by Crippen LogP contribution is -2.48. The lowest BCUT2D eigenvalue weighted by molar-refractivity contribution is -0.135. The number of ether oxygens (including phenoxy) is 1. The second kappa shape index (κ2) is 8.36. The van der Waals surface area contributed by atoms with Gasteiger partial charge >= 0.3 is 0 Å². The maximum absolute atomic E-state index is 11.9. The molecule has 0 rings (SSSR count). The van der Waals surface area contributed by atoms with Gasteiger partial charge in [-0.05, 0) is 13.8 Å². The van der Waals surface area contributed by atoms with E-state index < -0.39 is 6.04 Å². The molecule has 0 aliphatic rings. The Kier molecular flexibility index (Phi) is 7.99. The summed E-state index contributed by atoms with van der Waals surface area (Å²) in [5, 5.41) is 2.56. The topological polar surface area (TPSA) is 58.6 Å². The molecule has 0 aromatic heterocycles. The van der Waals surface area contributed by atoms with Crippen molar-refractivity contribution in [1.82, 2.24) is 10.2 Å². The minimum absolute atomic E-state index is 0.148. The quantitative estimate of drug-likeness (QED) is 0.649. The molecule has 6 heteroatoms. The Morgan fingerprint density at radius 1 is 1.41 bits per heavy atom. The molecule has 2 amide bonds. The van der Waals surface area contributed by atoms with Gasteiger partial charge in [0.25, 0.3) is 0 Å². The fourth-order valence-electron chi connectivity index (χ4n) is 1.23. The number of nitrogens with zero attached hydrogens (tertiary/aromatic N) is 1. The van der Waals surface area contributed by atoms with Crippen LogP contribution in [-0.2, 0) is 14.3 Å². The molecule has 0 radical (unpaired) electrons. The summed E-state index contributed by atoms with van der Waals surface area (Å²) < 4.78 is 5.36. The SMILES string of the molecule is CC(=O)NC(CS)C(=O)N(C)CCOC(C)C. The first-order valence-electron chi connectivity index (χ1n) is 5.63. The normalized spacial score (nSPS) is 12.4. The minimum atomic E-state index is -0.570. The molecule has 0 aromatic carbocycles. The summed E-state index contributed by atoms with van der Waals surface area (Å²) in [6.45, 7) is 6.25. The second-order valence-corrected chi connectivity index (χ2v) is 4.48. The molecular formula is C11H22N2O3S. The van der Waals surface area contributed by atoms with E-state index in [0.717, 1.165) is 0 Å². The van der Waals surface area contributed by atoms with Crippen molar-refractivity contribution in [2.24, 2.45) is 0 Å². The third-order valence-corrected chi connectivity index (χ3v) is 2.48. The summed E-state index contributed by atoms with van der Waals surface area (Å²) in [5.74, 6) is -0.0971. The van der Waals surface area contributed by atoms with Crippen LogP contribution in [0.5, 0.6) is 0 Å². The highest BCUT2D eigenvalue weighted by Crippen LogP contribution is 1.97. The Morgan fingerprint density at radius 2 is 2.00 bits per heavy atom. The molecule has 17 heavy (non-hydrogen) atoms. The average molecular weight is 262 g/mol. The molecule has 1 atom stereocenters. The molecule has 0 spiro atoms. The maximum Gasteiger partial charge on any atom is 0.245 e. The van der Waals surface area contributed by atoms with Crippen LogP contribution in [0.3, 0.4) is 0 Å². The molecule has 5 nitrogen and oxygen atoms in total. The van der Waals surface area contributed by atoms with E-state index in [1.54, 1.807) is 11.9 Å². The number of amides is 2. The van der Waals surface area contributed by atoms with Gasteiger partial charge in [-0.1, -0.05) is 0 Å². The Hall–Kier alpha value is -0.750. The van der Waals surface area contributed by atoms with E-state index in [9.17, 15) is 9.59 Å². The first-order valence-corrected chi connectivity index (χ1v) is 6.26. The molecule has 0 bridgehead atoms. The molecule has 0 aliphatic carbocycles. The van der Waals surface area contributed by atoms with Crippen LogP contribution in [0.2, 0.25) is 0 Å². The van der Waals surface area contributed by atoms with Crippen LogP contribution in [0.4, 0.5) is 0 Å². The monoisotopic (exact) mass is 262 g/mol. The van der Waals surface area contributed by atoms with Gasteiger partial charge < -0.3 is 15.0 Å².